The summed E-state index contributed by atoms with van der Waals surface area (Å²) < 4.78 is 8.15. The molecule has 0 saturated heterocycles. The van der Waals surface area contributed by atoms with E-state index in [9.17, 15) is 14.9 Å². The average molecular weight is 512 g/mol. The lowest BCUT2D eigenvalue weighted by atomic mass is 10.0. The summed E-state index contributed by atoms with van der Waals surface area (Å²) in [5.41, 5.74) is 2.34. The SMILES string of the molecule is Cc1ccc([N+](=O)[O-])cc1NC(=O)CSc1nnc(C(C)Oc2ccc(C(C)C)cc2)n1CC(C)C. The molecule has 2 aromatic carbocycles. The van der Waals surface area contributed by atoms with Gasteiger partial charge in [0.05, 0.1) is 16.4 Å². The van der Waals surface area contributed by atoms with Gasteiger partial charge in [-0.1, -0.05) is 57.7 Å². The lowest BCUT2D eigenvalue weighted by molar-refractivity contribution is -0.384. The van der Waals surface area contributed by atoms with Crippen LogP contribution in [0.4, 0.5) is 11.4 Å². The number of nitrogens with one attached hydrogen (secondary N) is 1. The first-order chi connectivity index (χ1) is 17.0. The molecular weight excluding hydrogens is 478 g/mol. The van der Waals surface area contributed by atoms with Gasteiger partial charge in [-0.3, -0.25) is 14.9 Å². The molecule has 0 aliphatic rings. The van der Waals surface area contributed by atoms with E-state index >= 15 is 0 Å². The van der Waals surface area contributed by atoms with Crippen LogP contribution in [0.25, 0.3) is 0 Å². The fourth-order valence-electron chi connectivity index (χ4n) is 3.61. The molecule has 1 aromatic heterocycles. The maximum Gasteiger partial charge on any atom is 0.271 e. The highest BCUT2D eigenvalue weighted by Gasteiger charge is 2.21. The molecule has 1 N–H and O–H groups in total. The van der Waals surface area contributed by atoms with Crippen molar-refractivity contribution in [1.29, 1.82) is 0 Å². The molecule has 3 rings (SSSR count). The number of hydrogen-bond acceptors (Lipinski definition) is 7. The normalized spacial score (nSPS) is 12.1. The first-order valence-corrected chi connectivity index (χ1v) is 12.9. The molecule has 9 nitrogen and oxygen atoms in total. The minimum Gasteiger partial charge on any atom is -0.483 e. The van der Waals surface area contributed by atoms with Crippen LogP contribution in [0.15, 0.2) is 47.6 Å². The molecular formula is C26H33N5O4S. The van der Waals surface area contributed by atoms with Crippen molar-refractivity contribution in [2.75, 3.05) is 11.1 Å². The monoisotopic (exact) mass is 511 g/mol. The Hall–Kier alpha value is -3.40. The second-order valence-corrected chi connectivity index (χ2v) is 10.4. The quantitative estimate of drug-likeness (QED) is 0.187. The number of amides is 1. The Morgan fingerprint density at radius 1 is 1.11 bits per heavy atom. The number of aromatic nitrogens is 3. The number of carbonyl (C=O) groups is 1. The molecule has 0 radical (unpaired) electrons. The summed E-state index contributed by atoms with van der Waals surface area (Å²) in [4.78, 5) is 23.2. The minimum atomic E-state index is -0.484. The number of thioether (sulfide) groups is 1. The molecule has 0 aliphatic carbocycles. The maximum absolute atomic E-state index is 12.6. The predicted molar refractivity (Wildman–Crippen MR) is 142 cm³/mol. The van der Waals surface area contributed by atoms with Gasteiger partial charge in [-0.15, -0.1) is 10.2 Å². The highest BCUT2D eigenvalue weighted by Crippen LogP contribution is 2.27. The smallest absolute Gasteiger partial charge is 0.271 e. The average Bonchev–Trinajstić information content (AvgIpc) is 3.21. The first-order valence-electron chi connectivity index (χ1n) is 11.9. The third-order valence-electron chi connectivity index (χ3n) is 5.55. The van der Waals surface area contributed by atoms with Crippen LogP contribution in [-0.2, 0) is 11.3 Å². The van der Waals surface area contributed by atoms with Crippen molar-refractivity contribution in [2.24, 2.45) is 5.92 Å². The van der Waals surface area contributed by atoms with Crippen LogP contribution in [0.3, 0.4) is 0 Å². The molecule has 1 unspecified atom stereocenters. The molecule has 0 bridgehead atoms. The first kappa shape index (κ1) is 27.2. The summed E-state index contributed by atoms with van der Waals surface area (Å²) in [5.74, 6) is 2.03. The Balaban J connectivity index is 1.71. The zero-order valence-electron chi connectivity index (χ0n) is 21.5. The van der Waals surface area contributed by atoms with E-state index in [2.05, 4.69) is 55.3 Å². The highest BCUT2D eigenvalue weighted by molar-refractivity contribution is 7.99. The van der Waals surface area contributed by atoms with E-state index < -0.39 is 4.92 Å². The maximum atomic E-state index is 12.6. The standard InChI is InChI=1S/C26H33N5O4S/c1-16(2)14-30-25(19(6)35-22-11-8-20(9-12-22)17(3)4)28-29-26(30)36-15-24(32)27-23-13-21(31(33)34)10-7-18(23)5/h7-13,16-17,19H,14-15H2,1-6H3,(H,27,32). The number of non-ortho nitro benzene ring substituents is 1. The zero-order valence-corrected chi connectivity index (χ0v) is 22.3. The van der Waals surface area contributed by atoms with E-state index in [4.69, 9.17) is 4.74 Å². The number of carbonyl (C=O) groups excluding carboxylic acids is 1. The molecule has 0 spiro atoms. The van der Waals surface area contributed by atoms with Crippen LogP contribution in [0.1, 0.15) is 63.6 Å². The Morgan fingerprint density at radius 3 is 2.42 bits per heavy atom. The molecule has 0 aliphatic heterocycles. The molecule has 1 amide bonds. The van der Waals surface area contributed by atoms with E-state index in [1.54, 1.807) is 13.0 Å². The zero-order chi connectivity index (χ0) is 26.4. The number of rotatable bonds is 11. The number of aryl methyl sites for hydroxylation is 1. The van der Waals surface area contributed by atoms with E-state index in [1.807, 2.05) is 23.6 Å². The fourth-order valence-corrected chi connectivity index (χ4v) is 4.36. The van der Waals surface area contributed by atoms with Crippen LogP contribution in [0, 0.1) is 23.0 Å². The Labute approximate surface area is 215 Å². The van der Waals surface area contributed by atoms with Crippen LogP contribution in [-0.4, -0.2) is 31.3 Å². The summed E-state index contributed by atoms with van der Waals surface area (Å²) >= 11 is 1.27. The summed E-state index contributed by atoms with van der Waals surface area (Å²) in [6, 6.07) is 12.4. The van der Waals surface area contributed by atoms with Gasteiger partial charge in [-0.05, 0) is 48.9 Å². The Morgan fingerprint density at radius 2 is 1.81 bits per heavy atom. The molecule has 1 heterocycles. The number of nitro benzene ring substituents is 1. The van der Waals surface area contributed by atoms with Crippen LogP contribution in [0.5, 0.6) is 5.75 Å². The number of anilines is 1. The van der Waals surface area contributed by atoms with Gasteiger partial charge in [0.2, 0.25) is 5.91 Å². The molecule has 0 saturated carbocycles. The highest BCUT2D eigenvalue weighted by atomic mass is 32.2. The van der Waals surface area contributed by atoms with Gasteiger partial charge < -0.3 is 14.6 Å². The van der Waals surface area contributed by atoms with Crippen molar-refractivity contribution in [3.8, 4) is 5.75 Å². The van der Waals surface area contributed by atoms with Gasteiger partial charge in [-0.2, -0.15) is 0 Å². The number of benzene rings is 2. The third kappa shape index (κ3) is 7.07. The van der Waals surface area contributed by atoms with Crippen molar-refractivity contribution >= 4 is 29.0 Å². The van der Waals surface area contributed by atoms with Crippen molar-refractivity contribution in [1.82, 2.24) is 14.8 Å². The van der Waals surface area contributed by atoms with E-state index in [-0.39, 0.29) is 23.5 Å². The van der Waals surface area contributed by atoms with Gasteiger partial charge in [0.1, 0.15) is 5.75 Å². The third-order valence-corrected chi connectivity index (χ3v) is 6.52. The van der Waals surface area contributed by atoms with Gasteiger partial charge >= 0.3 is 0 Å². The molecule has 10 heteroatoms. The van der Waals surface area contributed by atoms with Crippen LogP contribution >= 0.6 is 11.8 Å². The lowest BCUT2D eigenvalue weighted by Gasteiger charge is -2.18. The molecule has 192 valence electrons. The second-order valence-electron chi connectivity index (χ2n) is 9.42. The molecule has 36 heavy (non-hydrogen) atoms. The van der Waals surface area contributed by atoms with Crippen molar-refractivity contribution in [2.45, 2.75) is 65.3 Å². The van der Waals surface area contributed by atoms with Crippen molar-refractivity contribution in [3.63, 3.8) is 0 Å². The van der Waals surface area contributed by atoms with Crippen molar-refractivity contribution < 1.29 is 14.5 Å². The summed E-state index contributed by atoms with van der Waals surface area (Å²) in [6.07, 6.45) is -0.336. The second kappa shape index (κ2) is 12.0. The molecule has 3 aromatic rings. The Kier molecular flexibility index (Phi) is 9.08. The Bertz CT molecular complexity index is 1210. The molecule has 0 fully saturated rings. The number of ether oxygens (including phenoxy) is 1. The minimum absolute atomic E-state index is 0.0716. The summed E-state index contributed by atoms with van der Waals surface area (Å²) in [7, 11) is 0. The van der Waals surface area contributed by atoms with E-state index in [0.717, 1.165) is 11.3 Å². The molecule has 1 atom stereocenters. The predicted octanol–water partition coefficient (Wildman–Crippen LogP) is 6.14. The fraction of sp³-hybridized carbons (Fsp3) is 0.423. The van der Waals surface area contributed by atoms with Crippen LogP contribution < -0.4 is 10.1 Å². The number of nitro groups is 1. The lowest BCUT2D eigenvalue weighted by Crippen LogP contribution is -2.17. The van der Waals surface area contributed by atoms with Crippen molar-refractivity contribution in [3.05, 3.63) is 69.5 Å². The van der Waals surface area contributed by atoms with Gasteiger partial charge in [-0.25, -0.2) is 0 Å². The number of nitrogens with zero attached hydrogens (tertiary/aromatic N) is 4. The summed E-state index contributed by atoms with van der Waals surface area (Å²) in [5, 5.41) is 23.2. The van der Waals surface area contributed by atoms with Crippen LogP contribution in [0.2, 0.25) is 0 Å². The number of hydrogen-bond donors (Lipinski definition) is 1. The van der Waals surface area contributed by atoms with Gasteiger partial charge in [0, 0.05) is 18.7 Å². The van der Waals surface area contributed by atoms with E-state index in [0.29, 0.717) is 35.0 Å². The van der Waals surface area contributed by atoms with E-state index in [1.165, 1.54) is 29.5 Å². The van der Waals surface area contributed by atoms with Gasteiger partial charge in [0.15, 0.2) is 17.1 Å². The van der Waals surface area contributed by atoms with Gasteiger partial charge in [0.25, 0.3) is 5.69 Å². The topological polar surface area (TPSA) is 112 Å². The summed E-state index contributed by atoms with van der Waals surface area (Å²) in [6.45, 7) is 12.9. The largest absolute Gasteiger partial charge is 0.483 e.